The molecule has 0 fully saturated rings. The highest BCUT2D eigenvalue weighted by Crippen LogP contribution is 2.30. The highest BCUT2D eigenvalue weighted by Gasteiger charge is 2.19. The second-order valence-corrected chi connectivity index (χ2v) is 5.15. The molecule has 1 aromatic carbocycles. The first-order valence-corrected chi connectivity index (χ1v) is 6.05. The molecule has 0 saturated heterocycles. The highest BCUT2D eigenvalue weighted by atomic mass is 32.1. The van der Waals surface area contributed by atoms with Gasteiger partial charge in [0.2, 0.25) is 0 Å². The molecule has 0 radical (unpaired) electrons. The van der Waals surface area contributed by atoms with Crippen molar-refractivity contribution in [3.05, 3.63) is 57.8 Å². The second kappa shape index (κ2) is 4.78. The zero-order chi connectivity index (χ0) is 11.5. The van der Waals surface area contributed by atoms with Crippen LogP contribution in [0.4, 0.5) is 0 Å². The van der Waals surface area contributed by atoms with Gasteiger partial charge in [-0.05, 0) is 24.6 Å². The monoisotopic (exact) mass is 233 g/mol. The second-order valence-electron chi connectivity index (χ2n) is 3.83. The molecular weight excluding hydrogens is 218 g/mol. The van der Waals surface area contributed by atoms with Crippen LogP contribution >= 0.6 is 11.3 Å². The SMILES string of the molecule is Cc1ccc(C(O)C(N)c2ccccc2)s1. The summed E-state index contributed by atoms with van der Waals surface area (Å²) in [5.74, 6) is 0. The topological polar surface area (TPSA) is 46.2 Å². The van der Waals surface area contributed by atoms with Crippen LogP contribution in [0.25, 0.3) is 0 Å². The van der Waals surface area contributed by atoms with Crippen LogP contribution in [-0.2, 0) is 0 Å². The van der Waals surface area contributed by atoms with Crippen LogP contribution in [0.3, 0.4) is 0 Å². The van der Waals surface area contributed by atoms with Gasteiger partial charge >= 0.3 is 0 Å². The van der Waals surface area contributed by atoms with Crippen molar-refractivity contribution >= 4 is 11.3 Å². The molecule has 0 saturated carbocycles. The molecule has 2 rings (SSSR count). The van der Waals surface area contributed by atoms with Gasteiger partial charge in [0.15, 0.2) is 0 Å². The third-order valence-corrected chi connectivity index (χ3v) is 3.65. The average Bonchev–Trinajstić information content (AvgIpc) is 2.75. The van der Waals surface area contributed by atoms with Gasteiger partial charge in [0.25, 0.3) is 0 Å². The minimum Gasteiger partial charge on any atom is -0.386 e. The minimum absolute atomic E-state index is 0.362. The van der Waals surface area contributed by atoms with Gasteiger partial charge in [0, 0.05) is 9.75 Å². The van der Waals surface area contributed by atoms with Crippen LogP contribution in [-0.4, -0.2) is 5.11 Å². The fourth-order valence-electron chi connectivity index (χ4n) is 1.65. The molecule has 1 heterocycles. The van der Waals surface area contributed by atoms with Crippen LogP contribution in [0.15, 0.2) is 42.5 Å². The Morgan fingerprint density at radius 3 is 2.38 bits per heavy atom. The Labute approximate surface area is 99.4 Å². The molecule has 0 spiro atoms. The largest absolute Gasteiger partial charge is 0.386 e. The lowest BCUT2D eigenvalue weighted by atomic mass is 10.0. The summed E-state index contributed by atoms with van der Waals surface area (Å²) in [5.41, 5.74) is 7.00. The third kappa shape index (κ3) is 2.32. The van der Waals surface area contributed by atoms with Gasteiger partial charge in [-0.2, -0.15) is 0 Å². The molecule has 0 aliphatic carbocycles. The number of aryl methyl sites for hydroxylation is 1. The average molecular weight is 233 g/mol. The van der Waals surface area contributed by atoms with Crippen molar-refractivity contribution in [2.24, 2.45) is 5.73 Å². The van der Waals surface area contributed by atoms with Crippen molar-refractivity contribution in [3.8, 4) is 0 Å². The van der Waals surface area contributed by atoms with E-state index in [-0.39, 0.29) is 6.04 Å². The Hall–Kier alpha value is -1.16. The van der Waals surface area contributed by atoms with Crippen LogP contribution in [0.2, 0.25) is 0 Å². The van der Waals surface area contributed by atoms with E-state index in [0.717, 1.165) is 10.4 Å². The molecule has 0 bridgehead atoms. The number of thiophene rings is 1. The predicted molar refractivity (Wildman–Crippen MR) is 67.4 cm³/mol. The van der Waals surface area contributed by atoms with Gasteiger partial charge in [-0.3, -0.25) is 0 Å². The van der Waals surface area contributed by atoms with Gasteiger partial charge in [0.1, 0.15) is 6.10 Å². The normalized spacial score (nSPS) is 14.7. The van der Waals surface area contributed by atoms with Gasteiger partial charge in [-0.1, -0.05) is 30.3 Å². The number of hydrogen-bond donors (Lipinski definition) is 2. The zero-order valence-electron chi connectivity index (χ0n) is 9.13. The van der Waals surface area contributed by atoms with E-state index in [2.05, 4.69) is 0 Å². The quantitative estimate of drug-likeness (QED) is 0.856. The molecule has 2 aromatic rings. The number of aliphatic hydroxyl groups is 1. The van der Waals surface area contributed by atoms with Crippen molar-refractivity contribution in [3.63, 3.8) is 0 Å². The summed E-state index contributed by atoms with van der Waals surface area (Å²) in [7, 11) is 0. The first kappa shape index (κ1) is 11.3. The summed E-state index contributed by atoms with van der Waals surface area (Å²) in [4.78, 5) is 2.11. The Morgan fingerprint density at radius 1 is 1.12 bits per heavy atom. The summed E-state index contributed by atoms with van der Waals surface area (Å²) in [5, 5.41) is 10.1. The van der Waals surface area contributed by atoms with E-state index in [0.29, 0.717) is 0 Å². The molecule has 3 N–H and O–H groups in total. The number of hydrogen-bond acceptors (Lipinski definition) is 3. The van der Waals surface area contributed by atoms with E-state index in [1.165, 1.54) is 4.88 Å². The molecule has 0 aliphatic rings. The van der Waals surface area contributed by atoms with E-state index in [1.54, 1.807) is 11.3 Å². The molecule has 0 aliphatic heterocycles. The third-order valence-electron chi connectivity index (χ3n) is 2.58. The van der Waals surface area contributed by atoms with Gasteiger partial charge in [-0.15, -0.1) is 11.3 Å². The van der Waals surface area contributed by atoms with E-state index in [9.17, 15) is 5.11 Å². The fraction of sp³-hybridized carbons (Fsp3) is 0.231. The maximum Gasteiger partial charge on any atom is 0.107 e. The zero-order valence-corrected chi connectivity index (χ0v) is 9.95. The first-order valence-electron chi connectivity index (χ1n) is 5.23. The minimum atomic E-state index is -0.624. The fourth-order valence-corrected chi connectivity index (χ4v) is 2.56. The van der Waals surface area contributed by atoms with Crippen LogP contribution in [0.5, 0.6) is 0 Å². The van der Waals surface area contributed by atoms with Gasteiger partial charge < -0.3 is 10.8 Å². The smallest absolute Gasteiger partial charge is 0.107 e. The Morgan fingerprint density at radius 2 is 1.81 bits per heavy atom. The first-order chi connectivity index (χ1) is 7.68. The maximum absolute atomic E-state index is 10.1. The number of rotatable bonds is 3. The Kier molecular flexibility index (Phi) is 3.39. The Bertz CT molecular complexity index is 452. The van der Waals surface area contributed by atoms with Crippen LogP contribution in [0.1, 0.15) is 27.5 Å². The molecule has 16 heavy (non-hydrogen) atoms. The molecule has 1 aromatic heterocycles. The molecular formula is C13H15NOS. The van der Waals surface area contributed by atoms with E-state index >= 15 is 0 Å². The number of aliphatic hydroxyl groups excluding tert-OH is 1. The lowest BCUT2D eigenvalue weighted by molar-refractivity contribution is 0.150. The van der Waals surface area contributed by atoms with E-state index in [4.69, 9.17) is 5.73 Å². The van der Waals surface area contributed by atoms with Crippen molar-refractivity contribution in [2.75, 3.05) is 0 Å². The predicted octanol–water partition coefficient (Wildman–Crippen LogP) is 2.79. The van der Waals surface area contributed by atoms with Crippen LogP contribution in [0, 0.1) is 6.92 Å². The number of nitrogens with two attached hydrogens (primary N) is 1. The van der Waals surface area contributed by atoms with Gasteiger partial charge in [-0.25, -0.2) is 0 Å². The standard InChI is InChI=1S/C13H15NOS/c1-9-7-8-11(16-9)13(15)12(14)10-5-3-2-4-6-10/h2-8,12-13,15H,14H2,1H3. The Balaban J connectivity index is 2.19. The summed E-state index contributed by atoms with van der Waals surface area (Å²) < 4.78 is 0. The summed E-state index contributed by atoms with van der Waals surface area (Å²) >= 11 is 1.59. The lowest BCUT2D eigenvalue weighted by Gasteiger charge is -2.17. The lowest BCUT2D eigenvalue weighted by Crippen LogP contribution is -2.18. The number of benzene rings is 1. The van der Waals surface area contributed by atoms with E-state index in [1.807, 2.05) is 49.4 Å². The highest BCUT2D eigenvalue weighted by molar-refractivity contribution is 7.12. The molecule has 2 atom stereocenters. The molecule has 0 amide bonds. The summed E-state index contributed by atoms with van der Waals surface area (Å²) in [6, 6.07) is 13.3. The summed E-state index contributed by atoms with van der Waals surface area (Å²) in [6.07, 6.45) is -0.624. The van der Waals surface area contributed by atoms with Crippen molar-refractivity contribution in [1.82, 2.24) is 0 Å². The van der Waals surface area contributed by atoms with Crippen molar-refractivity contribution < 1.29 is 5.11 Å². The maximum atomic E-state index is 10.1. The summed E-state index contributed by atoms with van der Waals surface area (Å²) in [6.45, 7) is 2.02. The molecule has 3 heteroatoms. The van der Waals surface area contributed by atoms with Gasteiger partial charge in [0.05, 0.1) is 6.04 Å². The van der Waals surface area contributed by atoms with Crippen molar-refractivity contribution in [2.45, 2.75) is 19.1 Å². The molecule has 2 unspecified atom stereocenters. The van der Waals surface area contributed by atoms with E-state index < -0.39 is 6.10 Å². The van der Waals surface area contributed by atoms with Crippen LogP contribution < -0.4 is 5.73 Å². The molecule has 2 nitrogen and oxygen atoms in total. The molecule has 84 valence electrons. The van der Waals surface area contributed by atoms with Crippen molar-refractivity contribution in [1.29, 1.82) is 0 Å².